The smallest absolute Gasteiger partial charge is 0.254 e. The summed E-state index contributed by atoms with van der Waals surface area (Å²) >= 11 is 0. The van der Waals surface area contributed by atoms with Gasteiger partial charge in [-0.1, -0.05) is 42.0 Å². The van der Waals surface area contributed by atoms with Gasteiger partial charge in [0.2, 0.25) is 0 Å². The van der Waals surface area contributed by atoms with Gasteiger partial charge in [0.15, 0.2) is 0 Å². The Balaban J connectivity index is 1.78. The predicted octanol–water partition coefficient (Wildman–Crippen LogP) is 4.18. The van der Waals surface area contributed by atoms with Crippen LogP contribution in [0.25, 0.3) is 0 Å². The standard InChI is InChI=1S/C22H20N2O/c1-16-6-8-19(9-7-16)22(25)24-15-12-17-4-2-3-5-20(17)21(24)18-10-13-23-14-11-18/h2-11,13-14,21H,12,15H2,1H3. The summed E-state index contributed by atoms with van der Waals surface area (Å²) in [5, 5.41) is 0. The number of hydrogen-bond donors (Lipinski definition) is 0. The molecule has 0 fully saturated rings. The quantitative estimate of drug-likeness (QED) is 0.707. The Hall–Kier alpha value is -2.94. The van der Waals surface area contributed by atoms with Crippen molar-refractivity contribution < 1.29 is 4.79 Å². The summed E-state index contributed by atoms with van der Waals surface area (Å²) in [6.45, 7) is 2.75. The van der Waals surface area contributed by atoms with Crippen LogP contribution in [0.4, 0.5) is 0 Å². The minimum atomic E-state index is -0.0678. The van der Waals surface area contributed by atoms with Gasteiger partial charge in [0, 0.05) is 24.5 Å². The Morgan fingerprint density at radius 1 is 1.00 bits per heavy atom. The van der Waals surface area contributed by atoms with Crippen LogP contribution in [-0.4, -0.2) is 22.3 Å². The minimum absolute atomic E-state index is 0.0678. The number of carbonyl (C=O) groups excluding carboxylic acids is 1. The van der Waals surface area contributed by atoms with Crippen molar-refractivity contribution >= 4 is 5.91 Å². The molecule has 0 spiro atoms. The van der Waals surface area contributed by atoms with Crippen molar-refractivity contribution in [1.82, 2.24) is 9.88 Å². The van der Waals surface area contributed by atoms with Crippen molar-refractivity contribution in [1.29, 1.82) is 0 Å². The fraction of sp³-hybridized carbons (Fsp3) is 0.182. The number of aromatic nitrogens is 1. The van der Waals surface area contributed by atoms with Crippen LogP contribution in [0, 0.1) is 6.92 Å². The molecule has 1 atom stereocenters. The molecule has 3 heteroatoms. The third-order valence-electron chi connectivity index (χ3n) is 4.86. The Morgan fingerprint density at radius 3 is 2.48 bits per heavy atom. The van der Waals surface area contributed by atoms with Crippen molar-refractivity contribution in [3.8, 4) is 0 Å². The summed E-state index contributed by atoms with van der Waals surface area (Å²) in [7, 11) is 0. The molecule has 0 saturated heterocycles. The average molecular weight is 328 g/mol. The molecule has 0 bridgehead atoms. The number of amides is 1. The van der Waals surface area contributed by atoms with E-state index < -0.39 is 0 Å². The first kappa shape index (κ1) is 15.6. The van der Waals surface area contributed by atoms with Crippen LogP contribution in [0.3, 0.4) is 0 Å². The Bertz CT molecular complexity index is 887. The second kappa shape index (κ2) is 6.52. The zero-order valence-electron chi connectivity index (χ0n) is 14.2. The van der Waals surface area contributed by atoms with Crippen molar-refractivity contribution in [3.05, 3.63) is 101 Å². The molecule has 1 aromatic heterocycles. The number of hydrogen-bond acceptors (Lipinski definition) is 2. The van der Waals surface area contributed by atoms with Crippen LogP contribution in [0.5, 0.6) is 0 Å². The molecule has 25 heavy (non-hydrogen) atoms. The maximum absolute atomic E-state index is 13.2. The van der Waals surface area contributed by atoms with E-state index in [1.807, 2.05) is 54.3 Å². The zero-order chi connectivity index (χ0) is 17.2. The van der Waals surface area contributed by atoms with E-state index in [0.717, 1.165) is 29.7 Å². The van der Waals surface area contributed by atoms with Gasteiger partial charge in [0.25, 0.3) is 5.91 Å². The molecular weight excluding hydrogens is 308 g/mol. The topological polar surface area (TPSA) is 33.2 Å². The predicted molar refractivity (Wildman–Crippen MR) is 98.4 cm³/mol. The van der Waals surface area contributed by atoms with Gasteiger partial charge in [-0.05, 0) is 54.3 Å². The molecule has 0 radical (unpaired) electrons. The van der Waals surface area contributed by atoms with E-state index in [1.165, 1.54) is 11.1 Å². The van der Waals surface area contributed by atoms with E-state index >= 15 is 0 Å². The third-order valence-corrected chi connectivity index (χ3v) is 4.86. The molecule has 3 nitrogen and oxygen atoms in total. The fourth-order valence-corrected chi connectivity index (χ4v) is 3.55. The van der Waals surface area contributed by atoms with E-state index in [0.29, 0.717) is 0 Å². The SMILES string of the molecule is Cc1ccc(C(=O)N2CCc3ccccc3C2c2ccncc2)cc1. The number of pyridine rings is 1. The zero-order valence-corrected chi connectivity index (χ0v) is 14.2. The molecule has 1 aliphatic rings. The van der Waals surface area contributed by atoms with Crippen LogP contribution in [0.1, 0.15) is 38.7 Å². The largest absolute Gasteiger partial charge is 0.327 e. The van der Waals surface area contributed by atoms with Crippen LogP contribution in [0.2, 0.25) is 0 Å². The molecule has 4 rings (SSSR count). The monoisotopic (exact) mass is 328 g/mol. The minimum Gasteiger partial charge on any atom is -0.327 e. The van der Waals surface area contributed by atoms with Gasteiger partial charge in [-0.15, -0.1) is 0 Å². The van der Waals surface area contributed by atoms with Gasteiger partial charge in [-0.3, -0.25) is 9.78 Å². The van der Waals surface area contributed by atoms with Crippen molar-refractivity contribution in [2.24, 2.45) is 0 Å². The lowest BCUT2D eigenvalue weighted by Crippen LogP contribution is -2.40. The van der Waals surface area contributed by atoms with Crippen LogP contribution >= 0.6 is 0 Å². The molecule has 2 heterocycles. The molecule has 0 saturated carbocycles. The van der Waals surface area contributed by atoms with Gasteiger partial charge in [0.05, 0.1) is 6.04 Å². The molecule has 2 aromatic carbocycles. The molecule has 1 amide bonds. The van der Waals surface area contributed by atoms with Crippen LogP contribution in [0.15, 0.2) is 73.1 Å². The summed E-state index contributed by atoms with van der Waals surface area (Å²) in [5.41, 5.74) is 5.52. The Morgan fingerprint density at radius 2 is 1.72 bits per heavy atom. The molecular formula is C22H20N2O. The molecule has 3 aromatic rings. The lowest BCUT2D eigenvalue weighted by molar-refractivity contribution is 0.0694. The number of carbonyl (C=O) groups is 1. The lowest BCUT2D eigenvalue weighted by atomic mass is 9.88. The lowest BCUT2D eigenvalue weighted by Gasteiger charge is -2.37. The van der Waals surface area contributed by atoms with E-state index in [4.69, 9.17) is 0 Å². The summed E-state index contributed by atoms with van der Waals surface area (Å²) in [4.78, 5) is 19.3. The molecule has 0 N–H and O–H groups in total. The normalized spacial score (nSPS) is 16.4. The van der Waals surface area contributed by atoms with Crippen molar-refractivity contribution in [3.63, 3.8) is 0 Å². The summed E-state index contributed by atoms with van der Waals surface area (Å²) in [6, 6.07) is 20.2. The number of rotatable bonds is 2. The average Bonchev–Trinajstić information content (AvgIpc) is 2.68. The first-order valence-electron chi connectivity index (χ1n) is 8.59. The maximum Gasteiger partial charge on any atom is 0.254 e. The number of benzene rings is 2. The first-order valence-corrected chi connectivity index (χ1v) is 8.59. The van der Waals surface area contributed by atoms with Crippen molar-refractivity contribution in [2.75, 3.05) is 6.54 Å². The highest BCUT2D eigenvalue weighted by atomic mass is 16.2. The van der Waals surface area contributed by atoms with E-state index in [9.17, 15) is 4.79 Å². The number of aryl methyl sites for hydroxylation is 1. The molecule has 0 aliphatic carbocycles. The van der Waals surface area contributed by atoms with Gasteiger partial charge in [-0.25, -0.2) is 0 Å². The van der Waals surface area contributed by atoms with E-state index in [1.54, 1.807) is 12.4 Å². The maximum atomic E-state index is 13.2. The highest BCUT2D eigenvalue weighted by Gasteiger charge is 2.32. The molecule has 1 aliphatic heterocycles. The molecule has 124 valence electrons. The summed E-state index contributed by atoms with van der Waals surface area (Å²) in [5.74, 6) is 0.0799. The van der Waals surface area contributed by atoms with Gasteiger partial charge >= 0.3 is 0 Å². The highest BCUT2D eigenvalue weighted by Crippen LogP contribution is 2.35. The van der Waals surface area contributed by atoms with Gasteiger partial charge in [0.1, 0.15) is 0 Å². The van der Waals surface area contributed by atoms with E-state index in [-0.39, 0.29) is 11.9 Å². The second-order valence-corrected chi connectivity index (χ2v) is 6.50. The molecule has 1 unspecified atom stereocenters. The third kappa shape index (κ3) is 2.93. The summed E-state index contributed by atoms with van der Waals surface area (Å²) in [6.07, 6.45) is 4.47. The first-order chi connectivity index (χ1) is 12.2. The fourth-order valence-electron chi connectivity index (χ4n) is 3.55. The number of fused-ring (bicyclic) bond motifs is 1. The Labute approximate surface area is 148 Å². The van der Waals surface area contributed by atoms with Gasteiger partial charge in [-0.2, -0.15) is 0 Å². The van der Waals surface area contributed by atoms with Crippen molar-refractivity contribution in [2.45, 2.75) is 19.4 Å². The van der Waals surface area contributed by atoms with Gasteiger partial charge < -0.3 is 4.90 Å². The van der Waals surface area contributed by atoms with E-state index in [2.05, 4.69) is 23.2 Å². The second-order valence-electron chi connectivity index (χ2n) is 6.50. The number of nitrogens with zero attached hydrogens (tertiary/aromatic N) is 2. The van der Waals surface area contributed by atoms with Crippen LogP contribution < -0.4 is 0 Å². The highest BCUT2D eigenvalue weighted by molar-refractivity contribution is 5.95. The Kier molecular flexibility index (Phi) is 4.06. The van der Waals surface area contributed by atoms with Crippen LogP contribution in [-0.2, 0) is 6.42 Å². The summed E-state index contributed by atoms with van der Waals surface area (Å²) < 4.78 is 0.